The SMILES string of the molecule is CC1(C)CN(c2cc(Cl)nnc2Cl)CC(C)(C)O1. The largest absolute Gasteiger partial charge is 0.366 e. The van der Waals surface area contributed by atoms with Gasteiger partial charge in [-0.2, -0.15) is 0 Å². The predicted molar refractivity (Wildman–Crippen MR) is 73.5 cm³/mol. The molecule has 2 heterocycles. The summed E-state index contributed by atoms with van der Waals surface area (Å²) in [6.45, 7) is 9.71. The molecule has 1 aromatic rings. The van der Waals surface area contributed by atoms with Crippen molar-refractivity contribution in [2.75, 3.05) is 18.0 Å². The number of rotatable bonds is 1. The lowest BCUT2D eigenvalue weighted by Crippen LogP contribution is -2.57. The Morgan fingerprint density at radius 2 is 1.67 bits per heavy atom. The van der Waals surface area contributed by atoms with Crippen LogP contribution in [-0.4, -0.2) is 34.5 Å². The molecule has 18 heavy (non-hydrogen) atoms. The van der Waals surface area contributed by atoms with E-state index in [1.807, 2.05) is 0 Å². The Morgan fingerprint density at radius 3 is 2.22 bits per heavy atom. The molecule has 0 spiro atoms. The minimum Gasteiger partial charge on any atom is -0.366 e. The molecule has 1 aromatic heterocycles. The first-order valence-corrected chi connectivity index (χ1v) is 6.58. The van der Waals surface area contributed by atoms with E-state index in [-0.39, 0.29) is 11.2 Å². The number of morpholine rings is 1. The Morgan fingerprint density at radius 1 is 1.11 bits per heavy atom. The van der Waals surface area contributed by atoms with Crippen LogP contribution in [-0.2, 0) is 4.74 Å². The molecule has 1 aliphatic rings. The summed E-state index contributed by atoms with van der Waals surface area (Å²) in [5, 5.41) is 8.30. The van der Waals surface area contributed by atoms with Crippen molar-refractivity contribution >= 4 is 28.9 Å². The second kappa shape index (κ2) is 4.51. The van der Waals surface area contributed by atoms with E-state index in [4.69, 9.17) is 27.9 Å². The van der Waals surface area contributed by atoms with Crippen molar-refractivity contribution in [3.05, 3.63) is 16.4 Å². The highest BCUT2D eigenvalue weighted by molar-refractivity contribution is 6.33. The van der Waals surface area contributed by atoms with Gasteiger partial charge in [-0.3, -0.25) is 0 Å². The lowest BCUT2D eigenvalue weighted by molar-refractivity contribution is -0.133. The molecule has 1 saturated heterocycles. The summed E-state index contributed by atoms with van der Waals surface area (Å²) in [7, 11) is 0. The van der Waals surface area contributed by atoms with E-state index in [0.717, 1.165) is 18.8 Å². The Kier molecular flexibility index (Phi) is 3.47. The Hall–Kier alpha value is -0.580. The van der Waals surface area contributed by atoms with Crippen molar-refractivity contribution in [1.29, 1.82) is 0 Å². The molecule has 0 radical (unpaired) electrons. The molecule has 100 valence electrons. The van der Waals surface area contributed by atoms with Gasteiger partial charge in [-0.15, -0.1) is 10.2 Å². The van der Waals surface area contributed by atoms with Gasteiger partial charge in [-0.25, -0.2) is 0 Å². The van der Waals surface area contributed by atoms with E-state index in [2.05, 4.69) is 42.8 Å². The maximum Gasteiger partial charge on any atom is 0.175 e. The van der Waals surface area contributed by atoms with Gasteiger partial charge in [-0.1, -0.05) is 23.2 Å². The third kappa shape index (κ3) is 3.05. The molecular formula is C12H17Cl2N3O. The van der Waals surface area contributed by atoms with Crippen LogP contribution in [0.3, 0.4) is 0 Å². The van der Waals surface area contributed by atoms with Crippen LogP contribution in [0.15, 0.2) is 6.07 Å². The fourth-order valence-electron chi connectivity index (χ4n) is 2.52. The molecule has 0 saturated carbocycles. The van der Waals surface area contributed by atoms with Crippen LogP contribution in [0.4, 0.5) is 5.69 Å². The maximum atomic E-state index is 6.10. The van der Waals surface area contributed by atoms with Gasteiger partial charge in [0.2, 0.25) is 0 Å². The van der Waals surface area contributed by atoms with E-state index in [0.29, 0.717) is 10.3 Å². The van der Waals surface area contributed by atoms with E-state index < -0.39 is 0 Å². The predicted octanol–water partition coefficient (Wildman–Crippen LogP) is 3.18. The van der Waals surface area contributed by atoms with Gasteiger partial charge in [0, 0.05) is 19.2 Å². The fourth-order valence-corrected chi connectivity index (χ4v) is 2.88. The highest BCUT2D eigenvalue weighted by Gasteiger charge is 2.38. The third-order valence-corrected chi connectivity index (χ3v) is 3.19. The number of hydrogen-bond acceptors (Lipinski definition) is 4. The Labute approximate surface area is 117 Å². The molecule has 2 rings (SSSR count). The fraction of sp³-hybridized carbons (Fsp3) is 0.667. The molecule has 0 atom stereocenters. The highest BCUT2D eigenvalue weighted by atomic mass is 35.5. The summed E-state index contributed by atoms with van der Waals surface area (Å²) in [4.78, 5) is 2.15. The van der Waals surface area contributed by atoms with Gasteiger partial charge in [0.05, 0.1) is 16.9 Å². The lowest BCUT2D eigenvalue weighted by atomic mass is 9.98. The van der Waals surface area contributed by atoms with Crippen LogP contribution in [0.2, 0.25) is 10.3 Å². The summed E-state index contributed by atoms with van der Waals surface area (Å²) in [6, 6.07) is 1.74. The first-order valence-electron chi connectivity index (χ1n) is 5.82. The van der Waals surface area contributed by atoms with E-state index >= 15 is 0 Å². The molecular weight excluding hydrogens is 273 g/mol. The highest BCUT2D eigenvalue weighted by Crippen LogP contribution is 2.34. The Bertz CT molecular complexity index is 447. The summed E-state index contributed by atoms with van der Waals surface area (Å²) in [6.07, 6.45) is 0. The number of nitrogens with zero attached hydrogens (tertiary/aromatic N) is 3. The Balaban J connectivity index is 2.35. The average molecular weight is 290 g/mol. The third-order valence-electron chi connectivity index (χ3n) is 2.74. The number of aromatic nitrogens is 2. The van der Waals surface area contributed by atoms with Crippen molar-refractivity contribution in [1.82, 2.24) is 10.2 Å². The smallest absolute Gasteiger partial charge is 0.175 e. The topological polar surface area (TPSA) is 38.2 Å². The monoisotopic (exact) mass is 289 g/mol. The number of ether oxygens (including phenoxy) is 1. The van der Waals surface area contributed by atoms with E-state index in [9.17, 15) is 0 Å². The number of halogens is 2. The first-order chi connectivity index (χ1) is 8.19. The summed E-state index contributed by atoms with van der Waals surface area (Å²) < 4.78 is 6.03. The van der Waals surface area contributed by atoms with Crippen molar-refractivity contribution < 1.29 is 4.74 Å². The van der Waals surface area contributed by atoms with Gasteiger partial charge in [0.15, 0.2) is 10.3 Å². The van der Waals surface area contributed by atoms with Gasteiger partial charge >= 0.3 is 0 Å². The molecule has 1 fully saturated rings. The van der Waals surface area contributed by atoms with E-state index in [1.165, 1.54) is 0 Å². The van der Waals surface area contributed by atoms with Crippen molar-refractivity contribution in [2.45, 2.75) is 38.9 Å². The standard InChI is InChI=1S/C12H17Cl2N3O/c1-11(2)6-17(7-12(3,4)18-11)8-5-9(13)15-16-10(8)14/h5H,6-7H2,1-4H3. The molecule has 6 heteroatoms. The molecule has 0 N–H and O–H groups in total. The van der Waals surface area contributed by atoms with Crippen LogP contribution >= 0.6 is 23.2 Å². The zero-order chi connectivity index (χ0) is 13.6. The lowest BCUT2D eigenvalue weighted by Gasteiger charge is -2.48. The zero-order valence-electron chi connectivity index (χ0n) is 11.0. The maximum absolute atomic E-state index is 6.10. The summed E-state index contributed by atoms with van der Waals surface area (Å²) in [5.74, 6) is 0. The van der Waals surface area contributed by atoms with Gasteiger partial charge < -0.3 is 9.64 Å². The quantitative estimate of drug-likeness (QED) is 0.796. The van der Waals surface area contributed by atoms with Crippen LogP contribution in [0.25, 0.3) is 0 Å². The molecule has 0 aliphatic carbocycles. The van der Waals surface area contributed by atoms with Gasteiger partial charge in [0.1, 0.15) is 0 Å². The normalized spacial score (nSPS) is 22.0. The van der Waals surface area contributed by atoms with Gasteiger partial charge in [-0.05, 0) is 27.7 Å². The molecule has 0 aromatic carbocycles. The van der Waals surface area contributed by atoms with Crippen LogP contribution in [0, 0.1) is 0 Å². The molecule has 0 bridgehead atoms. The molecule has 4 nitrogen and oxygen atoms in total. The number of anilines is 1. The second-order valence-electron chi connectivity index (χ2n) is 5.82. The minimum absolute atomic E-state index is 0.249. The second-order valence-corrected chi connectivity index (χ2v) is 6.57. The van der Waals surface area contributed by atoms with Crippen LogP contribution in [0.5, 0.6) is 0 Å². The number of hydrogen-bond donors (Lipinski definition) is 0. The molecule has 0 amide bonds. The van der Waals surface area contributed by atoms with Crippen LogP contribution in [0.1, 0.15) is 27.7 Å². The molecule has 1 aliphatic heterocycles. The van der Waals surface area contributed by atoms with E-state index in [1.54, 1.807) is 6.07 Å². The minimum atomic E-state index is -0.249. The zero-order valence-corrected chi connectivity index (χ0v) is 12.5. The first kappa shape index (κ1) is 13.8. The van der Waals surface area contributed by atoms with Gasteiger partial charge in [0.25, 0.3) is 0 Å². The molecule has 0 unspecified atom stereocenters. The van der Waals surface area contributed by atoms with Crippen molar-refractivity contribution in [2.24, 2.45) is 0 Å². The van der Waals surface area contributed by atoms with Crippen molar-refractivity contribution in [3.63, 3.8) is 0 Å². The van der Waals surface area contributed by atoms with Crippen molar-refractivity contribution in [3.8, 4) is 0 Å². The average Bonchev–Trinajstić information content (AvgIpc) is 2.17. The van der Waals surface area contributed by atoms with Crippen LogP contribution < -0.4 is 4.90 Å². The summed E-state index contributed by atoms with van der Waals surface area (Å²) >= 11 is 12.0. The summed E-state index contributed by atoms with van der Waals surface area (Å²) in [5.41, 5.74) is 0.308.